The molecule has 2 N–H and O–H groups in total. The van der Waals surface area contributed by atoms with Crippen molar-refractivity contribution in [2.24, 2.45) is 11.3 Å². The minimum atomic E-state index is -0.300. The number of anilines is 2. The van der Waals surface area contributed by atoms with Crippen LogP contribution < -0.4 is 10.6 Å². The molecule has 2 rings (SSSR count). The fraction of sp³-hybridized carbons (Fsp3) is 0.600. The zero-order valence-corrected chi connectivity index (χ0v) is 13.4. The monoisotopic (exact) mass is 328 g/mol. The first-order valence-corrected chi connectivity index (χ1v) is 7.58. The maximum Gasteiger partial charge on any atom is 0.139 e. The first-order chi connectivity index (χ1) is 8.79. The van der Waals surface area contributed by atoms with Crippen molar-refractivity contribution < 1.29 is 4.39 Å². The van der Waals surface area contributed by atoms with Crippen molar-refractivity contribution in [1.82, 2.24) is 0 Å². The van der Waals surface area contributed by atoms with Crippen molar-refractivity contribution in [3.63, 3.8) is 0 Å². The Morgan fingerprint density at radius 3 is 2.37 bits per heavy atom. The lowest BCUT2D eigenvalue weighted by Gasteiger charge is -2.40. The Kier molecular flexibility index (Phi) is 4.09. The molecule has 1 saturated heterocycles. The quantitative estimate of drug-likeness (QED) is 0.772. The highest BCUT2D eigenvalue weighted by molar-refractivity contribution is 9.10. The van der Waals surface area contributed by atoms with E-state index in [1.165, 1.54) is 6.07 Å². The number of piperidine rings is 1. The zero-order valence-electron chi connectivity index (χ0n) is 11.8. The van der Waals surface area contributed by atoms with Gasteiger partial charge in [-0.15, -0.1) is 0 Å². The molecule has 4 heteroatoms. The molecule has 1 fully saturated rings. The molecule has 106 valence electrons. The maximum atomic E-state index is 13.4. The van der Waals surface area contributed by atoms with Crippen molar-refractivity contribution in [3.05, 3.63) is 22.4 Å². The zero-order chi connectivity index (χ0) is 14.2. The summed E-state index contributed by atoms with van der Waals surface area (Å²) < 4.78 is 13.9. The second kappa shape index (κ2) is 5.31. The Balaban J connectivity index is 2.12. The Morgan fingerprint density at radius 2 is 1.84 bits per heavy atom. The normalized spacial score (nSPS) is 17.8. The predicted molar refractivity (Wildman–Crippen MR) is 82.9 cm³/mol. The SMILES string of the molecule is CC(C)(C)C1CCN(c2cc(Br)c(F)cc2N)CC1. The largest absolute Gasteiger partial charge is 0.397 e. The standard InChI is InChI=1S/C15H22BrFN2/c1-15(2,3)10-4-6-19(7-5-10)14-8-11(16)12(17)9-13(14)18/h8-10H,4-7,18H2,1-3H3. The molecule has 0 spiro atoms. The maximum absolute atomic E-state index is 13.4. The molecule has 0 unspecified atom stereocenters. The van der Waals surface area contributed by atoms with Crippen LogP contribution in [0.15, 0.2) is 16.6 Å². The number of benzene rings is 1. The predicted octanol–water partition coefficient (Wildman–Crippen LogP) is 4.43. The van der Waals surface area contributed by atoms with Gasteiger partial charge in [0.2, 0.25) is 0 Å². The highest BCUT2D eigenvalue weighted by Gasteiger charge is 2.29. The molecule has 2 nitrogen and oxygen atoms in total. The third-order valence-corrected chi connectivity index (χ3v) is 4.74. The van der Waals surface area contributed by atoms with Gasteiger partial charge in [0, 0.05) is 19.2 Å². The molecule has 0 aromatic heterocycles. The molecule has 0 atom stereocenters. The van der Waals surface area contributed by atoms with Crippen LogP contribution in [0.2, 0.25) is 0 Å². The second-order valence-corrected chi connectivity index (χ2v) is 7.31. The molecule has 0 aliphatic carbocycles. The van der Waals surface area contributed by atoms with Gasteiger partial charge in [0.1, 0.15) is 5.82 Å². The van der Waals surface area contributed by atoms with Gasteiger partial charge < -0.3 is 10.6 Å². The van der Waals surface area contributed by atoms with E-state index >= 15 is 0 Å². The number of hydrogen-bond donors (Lipinski definition) is 1. The fourth-order valence-electron chi connectivity index (χ4n) is 2.81. The van der Waals surface area contributed by atoms with Crippen LogP contribution >= 0.6 is 15.9 Å². The third kappa shape index (κ3) is 3.22. The first-order valence-electron chi connectivity index (χ1n) is 6.78. The van der Waals surface area contributed by atoms with Crippen LogP contribution in [-0.4, -0.2) is 13.1 Å². The topological polar surface area (TPSA) is 29.3 Å². The van der Waals surface area contributed by atoms with Crippen molar-refractivity contribution in [3.8, 4) is 0 Å². The molecule has 0 bridgehead atoms. The van der Waals surface area contributed by atoms with Gasteiger partial charge in [0.15, 0.2) is 0 Å². The molecule has 1 heterocycles. The molecule has 0 radical (unpaired) electrons. The van der Waals surface area contributed by atoms with Crippen molar-refractivity contribution in [1.29, 1.82) is 0 Å². The summed E-state index contributed by atoms with van der Waals surface area (Å²) in [6, 6.07) is 3.19. The Hall–Kier alpha value is -0.770. The number of nitrogens with two attached hydrogens (primary N) is 1. The molecular formula is C15H22BrFN2. The van der Waals surface area contributed by atoms with E-state index < -0.39 is 0 Å². The Morgan fingerprint density at radius 1 is 1.26 bits per heavy atom. The summed E-state index contributed by atoms with van der Waals surface area (Å²) in [6.07, 6.45) is 2.33. The van der Waals surface area contributed by atoms with Gasteiger partial charge in [-0.3, -0.25) is 0 Å². The number of halogens is 2. The summed E-state index contributed by atoms with van der Waals surface area (Å²) in [5.41, 5.74) is 7.77. The third-order valence-electron chi connectivity index (χ3n) is 4.13. The van der Waals surface area contributed by atoms with E-state index in [2.05, 4.69) is 41.6 Å². The molecule has 1 aromatic rings. The highest BCUT2D eigenvalue weighted by atomic mass is 79.9. The highest BCUT2D eigenvalue weighted by Crippen LogP contribution is 2.37. The van der Waals surface area contributed by atoms with E-state index in [0.717, 1.165) is 37.5 Å². The average Bonchev–Trinajstić information content (AvgIpc) is 2.33. The molecule has 19 heavy (non-hydrogen) atoms. The molecule has 1 aromatic carbocycles. The van der Waals surface area contributed by atoms with Gasteiger partial charge in [-0.2, -0.15) is 0 Å². The Bertz CT molecular complexity index is 460. The number of rotatable bonds is 1. The van der Waals surface area contributed by atoms with Gasteiger partial charge in [0.25, 0.3) is 0 Å². The lowest BCUT2D eigenvalue weighted by Crippen LogP contribution is -2.38. The molecule has 0 amide bonds. The molecule has 0 saturated carbocycles. The summed E-state index contributed by atoms with van der Waals surface area (Å²) >= 11 is 3.23. The number of hydrogen-bond acceptors (Lipinski definition) is 2. The van der Waals surface area contributed by atoms with E-state index in [1.807, 2.05) is 0 Å². The van der Waals surface area contributed by atoms with Crippen molar-refractivity contribution >= 4 is 27.3 Å². The van der Waals surface area contributed by atoms with E-state index in [9.17, 15) is 4.39 Å². The summed E-state index contributed by atoms with van der Waals surface area (Å²) in [7, 11) is 0. The second-order valence-electron chi connectivity index (χ2n) is 6.45. The summed E-state index contributed by atoms with van der Waals surface area (Å²) in [6.45, 7) is 8.89. The van der Waals surface area contributed by atoms with Gasteiger partial charge in [0.05, 0.1) is 15.8 Å². The van der Waals surface area contributed by atoms with Crippen molar-refractivity contribution in [2.75, 3.05) is 23.7 Å². The minimum Gasteiger partial charge on any atom is -0.397 e. The van der Waals surface area contributed by atoms with Crippen LogP contribution in [0.5, 0.6) is 0 Å². The van der Waals surface area contributed by atoms with E-state index in [4.69, 9.17) is 5.73 Å². The number of nitrogens with zero attached hydrogens (tertiary/aromatic N) is 1. The summed E-state index contributed by atoms with van der Waals surface area (Å²) in [4.78, 5) is 2.27. The summed E-state index contributed by atoms with van der Waals surface area (Å²) in [5, 5.41) is 0. The van der Waals surface area contributed by atoms with Crippen LogP contribution in [0.25, 0.3) is 0 Å². The van der Waals surface area contributed by atoms with Gasteiger partial charge in [-0.05, 0) is 46.2 Å². The molecule has 1 aliphatic heterocycles. The van der Waals surface area contributed by atoms with Gasteiger partial charge in [-0.25, -0.2) is 4.39 Å². The van der Waals surface area contributed by atoms with E-state index in [0.29, 0.717) is 15.6 Å². The average molecular weight is 329 g/mol. The van der Waals surface area contributed by atoms with Gasteiger partial charge in [-0.1, -0.05) is 20.8 Å². The van der Waals surface area contributed by atoms with Crippen LogP contribution in [0, 0.1) is 17.2 Å². The van der Waals surface area contributed by atoms with E-state index in [1.54, 1.807) is 6.07 Å². The van der Waals surface area contributed by atoms with Crippen molar-refractivity contribution in [2.45, 2.75) is 33.6 Å². The van der Waals surface area contributed by atoms with E-state index in [-0.39, 0.29) is 5.82 Å². The molecule has 1 aliphatic rings. The lowest BCUT2D eigenvalue weighted by molar-refractivity contribution is 0.199. The minimum absolute atomic E-state index is 0.300. The lowest BCUT2D eigenvalue weighted by atomic mass is 9.75. The fourth-order valence-corrected chi connectivity index (χ4v) is 3.14. The van der Waals surface area contributed by atoms with Gasteiger partial charge >= 0.3 is 0 Å². The molecular weight excluding hydrogens is 307 g/mol. The Labute approximate surface area is 123 Å². The van der Waals surface area contributed by atoms with Crippen LogP contribution in [0.3, 0.4) is 0 Å². The van der Waals surface area contributed by atoms with Crippen LogP contribution in [0.1, 0.15) is 33.6 Å². The number of nitrogen functional groups attached to an aromatic ring is 1. The smallest absolute Gasteiger partial charge is 0.139 e. The van der Waals surface area contributed by atoms with Crippen LogP contribution in [-0.2, 0) is 0 Å². The van der Waals surface area contributed by atoms with Crippen LogP contribution in [0.4, 0.5) is 15.8 Å². The first kappa shape index (κ1) is 14.6. The summed E-state index contributed by atoms with van der Waals surface area (Å²) in [5.74, 6) is 0.444.